The zero-order chi connectivity index (χ0) is 46.1. The number of ether oxygens (including phenoxy) is 4. The molecular formula is C50H62FN3O10. The predicted octanol–water partition coefficient (Wildman–Crippen LogP) is 6.54. The van der Waals surface area contributed by atoms with Crippen molar-refractivity contribution in [2.75, 3.05) is 46.4 Å². The number of amides is 2. The van der Waals surface area contributed by atoms with Crippen LogP contribution in [0.15, 0.2) is 72.8 Å². The van der Waals surface area contributed by atoms with Crippen molar-refractivity contribution in [1.82, 2.24) is 9.80 Å². The lowest BCUT2D eigenvalue weighted by Gasteiger charge is -2.33. The Balaban J connectivity index is 1.14. The van der Waals surface area contributed by atoms with Gasteiger partial charge in [0.1, 0.15) is 5.82 Å². The van der Waals surface area contributed by atoms with E-state index < -0.39 is 48.1 Å². The molecule has 2 amide bonds. The van der Waals surface area contributed by atoms with E-state index in [-0.39, 0.29) is 67.0 Å². The van der Waals surface area contributed by atoms with Crippen LogP contribution in [0.2, 0.25) is 0 Å². The van der Waals surface area contributed by atoms with E-state index in [1.54, 1.807) is 35.8 Å². The number of likely N-dealkylation sites (tertiary alicyclic amines) is 2. The van der Waals surface area contributed by atoms with Gasteiger partial charge in [0.05, 0.1) is 75.3 Å². The molecule has 13 nitrogen and oxygen atoms in total. The van der Waals surface area contributed by atoms with E-state index in [1.165, 1.54) is 40.6 Å². The van der Waals surface area contributed by atoms with E-state index in [9.17, 15) is 33.2 Å². The van der Waals surface area contributed by atoms with Gasteiger partial charge in [-0.2, -0.15) is 0 Å². The number of esters is 2. The minimum atomic E-state index is -0.760. The number of carbonyl (C=O) groups excluding carboxylic acids is 6. The zero-order valence-electron chi connectivity index (χ0n) is 37.8. The number of methoxy groups -OCH3 is 4. The van der Waals surface area contributed by atoms with Crippen molar-refractivity contribution in [1.29, 1.82) is 0 Å². The van der Waals surface area contributed by atoms with Gasteiger partial charge >= 0.3 is 11.9 Å². The lowest BCUT2D eigenvalue weighted by molar-refractivity contribution is -0.151. The van der Waals surface area contributed by atoms with Crippen LogP contribution in [0.3, 0.4) is 0 Å². The smallest absolute Gasteiger partial charge is 0.306 e. The minimum Gasteiger partial charge on any atom is -0.469 e. The molecule has 3 heterocycles. The molecule has 3 fully saturated rings. The van der Waals surface area contributed by atoms with Gasteiger partial charge in [0.2, 0.25) is 11.8 Å². The minimum absolute atomic E-state index is 0.0475. The second-order valence-electron chi connectivity index (χ2n) is 17.3. The van der Waals surface area contributed by atoms with Crippen LogP contribution in [0.5, 0.6) is 0 Å². The number of hydrogen-bond acceptors (Lipinski definition) is 11. The summed E-state index contributed by atoms with van der Waals surface area (Å²) in [6, 6.07) is 21.2. The van der Waals surface area contributed by atoms with Gasteiger partial charge in [0.25, 0.3) is 0 Å². The van der Waals surface area contributed by atoms with Crippen LogP contribution in [-0.4, -0.2) is 111 Å². The summed E-state index contributed by atoms with van der Waals surface area (Å²) in [5.41, 5.74) is 4.62. The van der Waals surface area contributed by atoms with Gasteiger partial charge in [0.15, 0.2) is 11.6 Å². The Morgan fingerprint density at radius 2 is 0.969 bits per heavy atom. The number of Topliss-reactive ketones (excluding diaryl/α,β-unsaturated/α-hetero) is 2. The second kappa shape index (κ2) is 21.9. The first-order valence-electron chi connectivity index (χ1n) is 22.4. The third-order valence-electron chi connectivity index (χ3n) is 13.6. The molecule has 0 N–H and O–H groups in total. The molecule has 3 saturated heterocycles. The number of benzene rings is 3. The van der Waals surface area contributed by atoms with Crippen LogP contribution < -0.4 is 4.90 Å². The molecule has 0 aromatic heterocycles. The fraction of sp³-hybridized carbons (Fsp3) is 0.520. The average Bonchev–Trinajstić information content (AvgIpc) is 4.11. The van der Waals surface area contributed by atoms with Crippen molar-refractivity contribution in [3.8, 4) is 0 Å². The molecule has 3 aromatic carbocycles. The van der Waals surface area contributed by atoms with Gasteiger partial charge in [-0.25, -0.2) is 4.39 Å². The Labute approximate surface area is 375 Å². The van der Waals surface area contributed by atoms with Gasteiger partial charge < -0.3 is 33.6 Å². The summed E-state index contributed by atoms with van der Waals surface area (Å²) in [6.45, 7) is 4.34. The number of anilines is 1. The monoisotopic (exact) mass is 883 g/mol. The van der Waals surface area contributed by atoms with E-state index >= 15 is 0 Å². The summed E-state index contributed by atoms with van der Waals surface area (Å²) in [4.78, 5) is 84.7. The van der Waals surface area contributed by atoms with Crippen molar-refractivity contribution >= 4 is 41.0 Å². The molecule has 64 heavy (non-hydrogen) atoms. The Bertz CT molecular complexity index is 1990. The quantitative estimate of drug-likeness (QED) is 0.121. The number of hydrogen-bond donors (Lipinski definition) is 0. The van der Waals surface area contributed by atoms with Gasteiger partial charge in [-0.3, -0.25) is 28.8 Å². The topological polar surface area (TPSA) is 149 Å². The molecule has 14 heteroatoms. The third kappa shape index (κ3) is 11.1. The SMILES string of the molecule is COC(=O)CC(C(=O)N1CCC[C@H]1C(=O)Cc1ccc([C@@H]2CC[C@@H](c3ccc(CC(=O)[C@@H]4CCCN4C(=O)[C@@H](CC(=O)OC)[C@@H](C)OC)cc3)N2c2ccc(F)cc2)cc1)[C@@H](C)OC. The standard InChI is InChI=1S/C50H62FN3O10/c1-31(61-3)39(29-47(57)63-5)49(59)52-25-7-9-43(52)45(55)27-33-11-15-35(16-12-33)41-23-24-42(54(41)38-21-19-37(51)20-22-38)36-17-13-34(14-18-36)28-46(56)44-10-8-26-53(44)50(60)40(32(2)62-4)30-48(58)64-6/h11-22,31-32,39-44H,7-10,23-30H2,1-6H3/t31-,32-,39+,40?,41+,42+,43+,44+/m1/s1. The largest absolute Gasteiger partial charge is 0.469 e. The van der Waals surface area contributed by atoms with Crippen LogP contribution in [0.25, 0.3) is 0 Å². The van der Waals surface area contributed by atoms with E-state index in [1.807, 2.05) is 48.5 Å². The Morgan fingerprint density at radius 3 is 1.33 bits per heavy atom. The van der Waals surface area contributed by atoms with Crippen molar-refractivity contribution in [2.24, 2.45) is 11.8 Å². The number of nitrogens with zero attached hydrogens (tertiary/aromatic N) is 3. The maximum absolute atomic E-state index is 14.2. The summed E-state index contributed by atoms with van der Waals surface area (Å²) >= 11 is 0. The maximum atomic E-state index is 14.2. The molecule has 344 valence electrons. The molecule has 1 unspecified atom stereocenters. The molecule has 0 aliphatic carbocycles. The van der Waals surface area contributed by atoms with Gasteiger partial charge in [-0.15, -0.1) is 0 Å². The molecule has 0 saturated carbocycles. The first-order valence-corrected chi connectivity index (χ1v) is 22.4. The molecule has 3 aromatic rings. The molecule has 8 atom stereocenters. The Morgan fingerprint density at radius 1 is 0.578 bits per heavy atom. The van der Waals surface area contributed by atoms with Gasteiger partial charge in [0, 0.05) is 45.8 Å². The van der Waals surface area contributed by atoms with Gasteiger partial charge in [-0.1, -0.05) is 48.5 Å². The molecule has 0 spiro atoms. The Kier molecular flexibility index (Phi) is 16.5. The first-order chi connectivity index (χ1) is 30.8. The lowest BCUT2D eigenvalue weighted by Crippen LogP contribution is -2.47. The molecular weight excluding hydrogens is 822 g/mol. The fourth-order valence-electron chi connectivity index (χ4n) is 9.71. The van der Waals surface area contributed by atoms with Crippen molar-refractivity contribution in [3.05, 3.63) is 101 Å². The second-order valence-corrected chi connectivity index (χ2v) is 17.3. The summed E-state index contributed by atoms with van der Waals surface area (Å²) < 4.78 is 34.7. The first kappa shape index (κ1) is 48.0. The zero-order valence-corrected chi connectivity index (χ0v) is 37.8. The lowest BCUT2D eigenvalue weighted by atomic mass is 9.95. The van der Waals surface area contributed by atoms with Crippen molar-refractivity contribution < 1.29 is 52.1 Å². The number of rotatable bonds is 19. The summed E-state index contributed by atoms with van der Waals surface area (Å²) in [5.74, 6) is -3.56. The highest BCUT2D eigenvalue weighted by Gasteiger charge is 2.42. The fourth-order valence-corrected chi connectivity index (χ4v) is 9.71. The van der Waals surface area contributed by atoms with E-state index in [0.29, 0.717) is 38.8 Å². The van der Waals surface area contributed by atoms with Crippen LogP contribution in [-0.2, 0) is 60.6 Å². The predicted molar refractivity (Wildman–Crippen MR) is 237 cm³/mol. The number of carbonyl (C=O) groups is 6. The third-order valence-corrected chi connectivity index (χ3v) is 13.6. The molecule has 6 rings (SSSR count). The average molecular weight is 884 g/mol. The molecule has 0 bridgehead atoms. The Hall–Kier alpha value is -5.47. The number of halogens is 1. The van der Waals surface area contributed by atoms with E-state index in [2.05, 4.69) is 4.90 Å². The van der Waals surface area contributed by atoms with Crippen LogP contribution >= 0.6 is 0 Å². The highest BCUT2D eigenvalue weighted by molar-refractivity contribution is 5.94. The maximum Gasteiger partial charge on any atom is 0.306 e. The van der Waals surface area contributed by atoms with Crippen LogP contribution in [0.4, 0.5) is 10.1 Å². The highest BCUT2D eigenvalue weighted by atomic mass is 19.1. The van der Waals surface area contributed by atoms with Crippen LogP contribution in [0, 0.1) is 17.7 Å². The summed E-state index contributed by atoms with van der Waals surface area (Å²) in [6.07, 6.45) is 3.09. The van der Waals surface area contributed by atoms with Gasteiger partial charge in [-0.05, 0) is 98.9 Å². The molecule has 3 aliphatic heterocycles. The van der Waals surface area contributed by atoms with E-state index in [4.69, 9.17) is 18.9 Å². The highest BCUT2D eigenvalue weighted by Crippen LogP contribution is 2.47. The van der Waals surface area contributed by atoms with Crippen LogP contribution in [0.1, 0.15) is 99.6 Å². The molecule has 0 radical (unpaired) electrons. The summed E-state index contributed by atoms with van der Waals surface area (Å²) in [7, 11) is 5.54. The normalized spacial score (nSPS) is 21.6. The van der Waals surface area contributed by atoms with Crippen molar-refractivity contribution in [3.63, 3.8) is 0 Å². The van der Waals surface area contributed by atoms with Crippen molar-refractivity contribution in [2.45, 2.75) is 114 Å². The van der Waals surface area contributed by atoms with E-state index in [0.717, 1.165) is 40.8 Å². The molecule has 3 aliphatic rings. The number of ketones is 2. The summed E-state index contributed by atoms with van der Waals surface area (Å²) in [5, 5.41) is 0.